The molecule has 1 aliphatic rings. The summed E-state index contributed by atoms with van der Waals surface area (Å²) in [6.45, 7) is 9.95. The third-order valence-electron chi connectivity index (χ3n) is 3.17. The number of nitrogens with zero attached hydrogens (tertiary/aromatic N) is 1. The molecule has 1 fully saturated rings. The van der Waals surface area contributed by atoms with Gasteiger partial charge < -0.3 is 10.4 Å². The Bertz CT molecular complexity index is 173. The van der Waals surface area contributed by atoms with E-state index in [2.05, 4.69) is 31.0 Å². The molecule has 0 aromatic rings. The van der Waals surface area contributed by atoms with Crippen LogP contribution in [0.15, 0.2) is 0 Å². The van der Waals surface area contributed by atoms with Gasteiger partial charge in [0.15, 0.2) is 0 Å². The maximum Gasteiger partial charge on any atom is 0.0626 e. The van der Waals surface area contributed by atoms with Gasteiger partial charge in [-0.3, -0.25) is 4.90 Å². The number of aliphatic hydroxyl groups excluding tert-OH is 1. The Morgan fingerprint density at radius 1 is 1.50 bits per heavy atom. The minimum atomic E-state index is -0.0275. The van der Waals surface area contributed by atoms with Crippen molar-refractivity contribution in [3.05, 3.63) is 0 Å². The number of aliphatic hydroxyl groups is 1. The average molecular weight is 200 g/mol. The predicted molar refractivity (Wildman–Crippen MR) is 59.4 cm³/mol. The van der Waals surface area contributed by atoms with E-state index in [1.54, 1.807) is 0 Å². The molecule has 3 heteroatoms. The standard InChI is InChI=1S/C11H24N2O/c1-4-6-12-11(9-14)5-7-13(8-11)10(2)3/h10,12,14H,4-9H2,1-3H3. The van der Waals surface area contributed by atoms with Gasteiger partial charge in [-0.05, 0) is 33.2 Å². The zero-order chi connectivity index (χ0) is 10.6. The lowest BCUT2D eigenvalue weighted by Gasteiger charge is -2.29. The molecular formula is C11H24N2O. The molecule has 0 aliphatic carbocycles. The molecule has 84 valence electrons. The molecule has 1 rings (SSSR count). The highest BCUT2D eigenvalue weighted by molar-refractivity contribution is 4.97. The molecule has 14 heavy (non-hydrogen) atoms. The third kappa shape index (κ3) is 2.69. The van der Waals surface area contributed by atoms with Crippen LogP contribution in [-0.4, -0.2) is 47.8 Å². The van der Waals surface area contributed by atoms with Crippen molar-refractivity contribution in [1.29, 1.82) is 0 Å². The van der Waals surface area contributed by atoms with E-state index in [0.29, 0.717) is 6.04 Å². The number of hydrogen-bond donors (Lipinski definition) is 2. The van der Waals surface area contributed by atoms with Gasteiger partial charge in [0.25, 0.3) is 0 Å². The van der Waals surface area contributed by atoms with Crippen molar-refractivity contribution >= 4 is 0 Å². The number of likely N-dealkylation sites (tertiary alicyclic amines) is 1. The Morgan fingerprint density at radius 3 is 2.64 bits per heavy atom. The van der Waals surface area contributed by atoms with Gasteiger partial charge in [-0.25, -0.2) is 0 Å². The first-order valence-electron chi connectivity index (χ1n) is 5.73. The van der Waals surface area contributed by atoms with Gasteiger partial charge in [0.1, 0.15) is 0 Å². The van der Waals surface area contributed by atoms with Gasteiger partial charge >= 0.3 is 0 Å². The molecule has 0 aromatic carbocycles. The maximum atomic E-state index is 9.45. The second-order valence-electron chi connectivity index (χ2n) is 4.68. The van der Waals surface area contributed by atoms with E-state index >= 15 is 0 Å². The Kier molecular flexibility index (Phi) is 4.35. The van der Waals surface area contributed by atoms with Gasteiger partial charge in [-0.15, -0.1) is 0 Å². The Balaban J connectivity index is 2.48. The lowest BCUT2D eigenvalue weighted by molar-refractivity contribution is 0.153. The van der Waals surface area contributed by atoms with Gasteiger partial charge in [0.05, 0.1) is 12.1 Å². The van der Waals surface area contributed by atoms with Crippen molar-refractivity contribution < 1.29 is 5.11 Å². The molecule has 0 amide bonds. The Hall–Kier alpha value is -0.120. The summed E-state index contributed by atoms with van der Waals surface area (Å²) in [5.41, 5.74) is -0.0275. The molecule has 1 saturated heterocycles. The summed E-state index contributed by atoms with van der Waals surface area (Å²) < 4.78 is 0. The van der Waals surface area contributed by atoms with E-state index in [-0.39, 0.29) is 12.1 Å². The smallest absolute Gasteiger partial charge is 0.0626 e. The summed E-state index contributed by atoms with van der Waals surface area (Å²) in [5.74, 6) is 0. The van der Waals surface area contributed by atoms with Crippen LogP contribution in [0, 0.1) is 0 Å². The molecule has 3 nitrogen and oxygen atoms in total. The van der Waals surface area contributed by atoms with Crippen molar-refractivity contribution in [1.82, 2.24) is 10.2 Å². The van der Waals surface area contributed by atoms with Crippen LogP contribution in [0.1, 0.15) is 33.6 Å². The molecule has 1 aliphatic heterocycles. The summed E-state index contributed by atoms with van der Waals surface area (Å²) in [6, 6.07) is 0.590. The molecule has 1 atom stereocenters. The average Bonchev–Trinajstić information content (AvgIpc) is 2.60. The predicted octanol–water partition coefficient (Wildman–Crippen LogP) is 0.831. The van der Waals surface area contributed by atoms with Gasteiger partial charge in [-0.2, -0.15) is 0 Å². The van der Waals surface area contributed by atoms with Crippen LogP contribution >= 0.6 is 0 Å². The fourth-order valence-electron chi connectivity index (χ4n) is 2.06. The molecule has 0 aromatic heterocycles. The fraction of sp³-hybridized carbons (Fsp3) is 1.00. The van der Waals surface area contributed by atoms with Crippen molar-refractivity contribution in [3.8, 4) is 0 Å². The van der Waals surface area contributed by atoms with Crippen LogP contribution < -0.4 is 5.32 Å². The summed E-state index contributed by atoms with van der Waals surface area (Å²) in [7, 11) is 0. The first-order valence-corrected chi connectivity index (χ1v) is 5.73. The molecule has 1 heterocycles. The van der Waals surface area contributed by atoms with Crippen molar-refractivity contribution in [3.63, 3.8) is 0 Å². The molecule has 0 bridgehead atoms. The minimum absolute atomic E-state index is 0.0275. The van der Waals surface area contributed by atoms with Crippen LogP contribution in [0.5, 0.6) is 0 Å². The highest BCUT2D eigenvalue weighted by Gasteiger charge is 2.37. The maximum absolute atomic E-state index is 9.45. The molecule has 2 N–H and O–H groups in total. The number of hydrogen-bond acceptors (Lipinski definition) is 3. The lowest BCUT2D eigenvalue weighted by atomic mass is 10.00. The van der Waals surface area contributed by atoms with Crippen molar-refractivity contribution in [2.24, 2.45) is 0 Å². The third-order valence-corrected chi connectivity index (χ3v) is 3.17. The Labute approximate surface area is 87.5 Å². The lowest BCUT2D eigenvalue weighted by Crippen LogP contribution is -2.51. The second kappa shape index (κ2) is 5.10. The van der Waals surface area contributed by atoms with Crippen LogP contribution in [0.2, 0.25) is 0 Å². The summed E-state index contributed by atoms with van der Waals surface area (Å²) in [6.07, 6.45) is 2.20. The molecule has 0 saturated carbocycles. The highest BCUT2D eigenvalue weighted by atomic mass is 16.3. The summed E-state index contributed by atoms with van der Waals surface area (Å²) >= 11 is 0. The number of nitrogens with one attached hydrogen (secondary N) is 1. The van der Waals surface area contributed by atoms with Crippen LogP contribution in [0.4, 0.5) is 0 Å². The van der Waals surface area contributed by atoms with E-state index in [4.69, 9.17) is 0 Å². The first-order chi connectivity index (χ1) is 6.63. The molecule has 1 unspecified atom stereocenters. The van der Waals surface area contributed by atoms with Crippen LogP contribution in [-0.2, 0) is 0 Å². The molecule has 0 radical (unpaired) electrons. The van der Waals surface area contributed by atoms with Crippen LogP contribution in [0.25, 0.3) is 0 Å². The molecule has 0 spiro atoms. The molecular weight excluding hydrogens is 176 g/mol. The quantitative estimate of drug-likeness (QED) is 0.690. The minimum Gasteiger partial charge on any atom is -0.394 e. The van der Waals surface area contributed by atoms with E-state index in [0.717, 1.165) is 32.5 Å². The Morgan fingerprint density at radius 2 is 2.21 bits per heavy atom. The fourth-order valence-corrected chi connectivity index (χ4v) is 2.06. The van der Waals surface area contributed by atoms with Crippen molar-refractivity contribution in [2.45, 2.75) is 45.2 Å². The summed E-state index contributed by atoms with van der Waals surface area (Å²) in [5, 5.41) is 12.9. The van der Waals surface area contributed by atoms with Gasteiger partial charge in [0, 0.05) is 19.1 Å². The van der Waals surface area contributed by atoms with E-state index in [9.17, 15) is 5.11 Å². The van der Waals surface area contributed by atoms with Crippen molar-refractivity contribution in [2.75, 3.05) is 26.2 Å². The second-order valence-corrected chi connectivity index (χ2v) is 4.68. The van der Waals surface area contributed by atoms with Crippen LogP contribution in [0.3, 0.4) is 0 Å². The van der Waals surface area contributed by atoms with Gasteiger partial charge in [-0.1, -0.05) is 6.92 Å². The zero-order valence-corrected chi connectivity index (χ0v) is 9.71. The first kappa shape index (κ1) is 12.0. The SMILES string of the molecule is CCCNC1(CO)CCN(C(C)C)C1. The van der Waals surface area contributed by atoms with E-state index in [1.807, 2.05) is 0 Å². The summed E-state index contributed by atoms with van der Waals surface area (Å²) in [4.78, 5) is 2.43. The zero-order valence-electron chi connectivity index (χ0n) is 9.71. The van der Waals surface area contributed by atoms with Gasteiger partial charge in [0.2, 0.25) is 0 Å². The number of rotatable bonds is 5. The topological polar surface area (TPSA) is 35.5 Å². The van der Waals surface area contributed by atoms with E-state index < -0.39 is 0 Å². The van der Waals surface area contributed by atoms with E-state index in [1.165, 1.54) is 0 Å². The monoisotopic (exact) mass is 200 g/mol. The highest BCUT2D eigenvalue weighted by Crippen LogP contribution is 2.22. The normalized spacial score (nSPS) is 28.9. The largest absolute Gasteiger partial charge is 0.394 e.